The highest BCUT2D eigenvalue weighted by Crippen LogP contribution is 2.24. The molecule has 0 unspecified atom stereocenters. The smallest absolute Gasteiger partial charge is 0.287 e. The summed E-state index contributed by atoms with van der Waals surface area (Å²) in [6.07, 6.45) is 2.86. The molecular weight excluding hydrogens is 460 g/mol. The quantitative estimate of drug-likeness (QED) is 0.162. The molecule has 0 bridgehead atoms. The number of nitrogens with one attached hydrogen (secondary N) is 2. The number of hydrazone groups is 1. The van der Waals surface area contributed by atoms with E-state index in [-0.39, 0.29) is 11.4 Å². The number of nitrogens with zero attached hydrogens (tertiary/aromatic N) is 2. The minimum atomic E-state index is -0.624. The fraction of sp³-hybridized carbons (Fsp3) is 0. The van der Waals surface area contributed by atoms with Crippen LogP contribution in [0.2, 0.25) is 0 Å². The first kappa shape index (κ1) is 23.8. The molecule has 0 saturated carbocycles. The number of non-ortho nitro benzene ring substituents is 1. The molecule has 2 N–H and O–H groups in total. The van der Waals surface area contributed by atoms with E-state index in [1.54, 1.807) is 72.8 Å². The van der Waals surface area contributed by atoms with Crippen LogP contribution in [0.5, 0.6) is 0 Å². The van der Waals surface area contributed by atoms with Gasteiger partial charge in [0.25, 0.3) is 17.5 Å². The lowest BCUT2D eigenvalue weighted by Gasteiger charge is -2.09. The standard InChI is InChI=1S/C27H20N4O5/c32-26(21-9-5-2-6-10-21)29-24(17-19-7-3-1-4-8-19)27(33)30-28-18-23-15-16-25(36-23)20-11-13-22(14-12-20)31(34)35/h1-18H,(H,29,32)(H,30,33)/b24-17+,28-18-. The van der Waals surface area contributed by atoms with E-state index in [1.807, 2.05) is 18.2 Å². The van der Waals surface area contributed by atoms with Crippen LogP contribution in [0.1, 0.15) is 21.7 Å². The van der Waals surface area contributed by atoms with Crippen molar-refractivity contribution in [2.45, 2.75) is 0 Å². The van der Waals surface area contributed by atoms with Crippen LogP contribution in [0.25, 0.3) is 17.4 Å². The zero-order valence-electron chi connectivity index (χ0n) is 18.8. The van der Waals surface area contributed by atoms with Gasteiger partial charge in [-0.25, -0.2) is 5.43 Å². The summed E-state index contributed by atoms with van der Waals surface area (Å²) in [6.45, 7) is 0. The maximum Gasteiger partial charge on any atom is 0.287 e. The normalized spacial score (nSPS) is 11.3. The number of nitro groups is 1. The Hall–Kier alpha value is -5.31. The monoisotopic (exact) mass is 480 g/mol. The second kappa shape index (κ2) is 11.2. The molecule has 0 radical (unpaired) electrons. The first-order valence-corrected chi connectivity index (χ1v) is 10.8. The topological polar surface area (TPSA) is 127 Å². The molecule has 1 heterocycles. The van der Waals surface area contributed by atoms with Crippen LogP contribution < -0.4 is 10.7 Å². The molecule has 4 aromatic rings. The van der Waals surface area contributed by atoms with Crippen LogP contribution in [0.15, 0.2) is 112 Å². The van der Waals surface area contributed by atoms with Crippen LogP contribution in [-0.4, -0.2) is 23.0 Å². The van der Waals surface area contributed by atoms with Crippen molar-refractivity contribution in [3.05, 3.63) is 130 Å². The average Bonchev–Trinajstić information content (AvgIpc) is 3.38. The Morgan fingerprint density at radius 3 is 2.19 bits per heavy atom. The van der Waals surface area contributed by atoms with Gasteiger partial charge in [-0.1, -0.05) is 48.5 Å². The van der Waals surface area contributed by atoms with Crippen molar-refractivity contribution >= 4 is 29.8 Å². The van der Waals surface area contributed by atoms with Crippen molar-refractivity contribution in [1.82, 2.24) is 10.7 Å². The van der Waals surface area contributed by atoms with Gasteiger partial charge in [-0.2, -0.15) is 5.10 Å². The molecular formula is C27H20N4O5. The lowest BCUT2D eigenvalue weighted by molar-refractivity contribution is -0.384. The summed E-state index contributed by atoms with van der Waals surface area (Å²) < 4.78 is 5.68. The van der Waals surface area contributed by atoms with Crippen molar-refractivity contribution in [1.29, 1.82) is 0 Å². The lowest BCUT2D eigenvalue weighted by Crippen LogP contribution is -2.32. The predicted molar refractivity (Wildman–Crippen MR) is 135 cm³/mol. The second-order valence-corrected chi connectivity index (χ2v) is 7.49. The summed E-state index contributed by atoms with van der Waals surface area (Å²) >= 11 is 0. The van der Waals surface area contributed by atoms with E-state index in [0.717, 1.165) is 5.56 Å². The van der Waals surface area contributed by atoms with Gasteiger partial charge in [-0.15, -0.1) is 0 Å². The molecule has 9 heteroatoms. The molecule has 9 nitrogen and oxygen atoms in total. The summed E-state index contributed by atoms with van der Waals surface area (Å²) in [5.74, 6) is -0.222. The number of amides is 2. The number of carbonyl (C=O) groups is 2. The SMILES string of the molecule is O=C(N/N=C\c1ccc(-c2ccc([N+](=O)[O-])cc2)o1)/C(=C\c1ccccc1)NC(=O)c1ccccc1. The Morgan fingerprint density at radius 1 is 0.861 bits per heavy atom. The van der Waals surface area contributed by atoms with Gasteiger partial charge < -0.3 is 9.73 Å². The number of carbonyl (C=O) groups excluding carboxylic acids is 2. The first-order valence-electron chi connectivity index (χ1n) is 10.8. The third kappa shape index (κ3) is 6.17. The van der Waals surface area contributed by atoms with Crippen molar-refractivity contribution in [3.8, 4) is 11.3 Å². The highest BCUT2D eigenvalue weighted by Gasteiger charge is 2.14. The largest absolute Gasteiger partial charge is 0.455 e. The highest BCUT2D eigenvalue weighted by molar-refractivity contribution is 6.05. The van der Waals surface area contributed by atoms with Crippen LogP contribution in [0, 0.1) is 10.1 Å². The van der Waals surface area contributed by atoms with E-state index in [9.17, 15) is 19.7 Å². The summed E-state index contributed by atoms with van der Waals surface area (Å²) in [5, 5.41) is 17.4. The summed E-state index contributed by atoms with van der Waals surface area (Å²) in [6, 6.07) is 26.9. The Labute approximate surface area is 205 Å². The van der Waals surface area contributed by atoms with Crippen molar-refractivity contribution in [2.75, 3.05) is 0 Å². The van der Waals surface area contributed by atoms with Gasteiger partial charge in [0.1, 0.15) is 17.2 Å². The number of nitro benzene ring substituents is 1. The molecule has 0 atom stereocenters. The maximum absolute atomic E-state index is 12.8. The molecule has 0 aliphatic heterocycles. The molecule has 0 aliphatic carbocycles. The van der Waals surface area contributed by atoms with Crippen LogP contribution in [0.3, 0.4) is 0 Å². The van der Waals surface area contributed by atoms with Gasteiger partial charge in [0.2, 0.25) is 0 Å². The Bertz CT molecular complexity index is 1430. The lowest BCUT2D eigenvalue weighted by atomic mass is 10.1. The van der Waals surface area contributed by atoms with Crippen molar-refractivity contribution in [2.24, 2.45) is 5.10 Å². The first-order chi connectivity index (χ1) is 17.5. The van der Waals surface area contributed by atoms with Crippen molar-refractivity contribution in [3.63, 3.8) is 0 Å². The zero-order valence-corrected chi connectivity index (χ0v) is 18.8. The van der Waals surface area contributed by atoms with Gasteiger partial charge in [-0.05, 0) is 48.0 Å². The Morgan fingerprint density at radius 2 is 1.53 bits per heavy atom. The van der Waals surface area contributed by atoms with Gasteiger partial charge in [0.15, 0.2) is 0 Å². The van der Waals surface area contributed by atoms with E-state index >= 15 is 0 Å². The fourth-order valence-electron chi connectivity index (χ4n) is 3.20. The Kier molecular flexibility index (Phi) is 7.42. The van der Waals surface area contributed by atoms with E-state index < -0.39 is 16.7 Å². The molecule has 2 amide bonds. The minimum Gasteiger partial charge on any atom is -0.455 e. The van der Waals surface area contributed by atoms with Crippen LogP contribution >= 0.6 is 0 Å². The van der Waals surface area contributed by atoms with E-state index in [1.165, 1.54) is 18.3 Å². The number of hydrogen-bond acceptors (Lipinski definition) is 6. The summed E-state index contributed by atoms with van der Waals surface area (Å²) in [7, 11) is 0. The summed E-state index contributed by atoms with van der Waals surface area (Å²) in [4.78, 5) is 35.8. The molecule has 3 aromatic carbocycles. The van der Waals surface area contributed by atoms with Crippen LogP contribution in [0.4, 0.5) is 5.69 Å². The minimum absolute atomic E-state index is 0.0122. The third-order valence-electron chi connectivity index (χ3n) is 4.99. The molecule has 0 saturated heterocycles. The van der Waals surface area contributed by atoms with Crippen LogP contribution in [-0.2, 0) is 4.79 Å². The molecule has 1 aromatic heterocycles. The van der Waals surface area contributed by atoms with E-state index in [0.29, 0.717) is 22.6 Å². The molecule has 0 fully saturated rings. The molecule has 36 heavy (non-hydrogen) atoms. The third-order valence-corrected chi connectivity index (χ3v) is 4.99. The van der Waals surface area contributed by atoms with E-state index in [4.69, 9.17) is 4.42 Å². The predicted octanol–water partition coefficient (Wildman–Crippen LogP) is 4.78. The Balaban J connectivity index is 1.46. The zero-order chi connectivity index (χ0) is 25.3. The van der Waals surface area contributed by atoms with Gasteiger partial charge >= 0.3 is 0 Å². The molecule has 4 rings (SSSR count). The van der Waals surface area contributed by atoms with Gasteiger partial charge in [0.05, 0.1) is 11.1 Å². The van der Waals surface area contributed by atoms with E-state index in [2.05, 4.69) is 15.8 Å². The average molecular weight is 480 g/mol. The number of hydrogen-bond donors (Lipinski definition) is 2. The van der Waals surface area contributed by atoms with Gasteiger partial charge in [-0.3, -0.25) is 19.7 Å². The maximum atomic E-state index is 12.8. The summed E-state index contributed by atoms with van der Waals surface area (Å²) in [5.41, 5.74) is 4.16. The second-order valence-electron chi connectivity index (χ2n) is 7.49. The number of furan rings is 1. The number of benzene rings is 3. The fourth-order valence-corrected chi connectivity index (χ4v) is 3.20. The molecule has 0 aliphatic rings. The van der Waals surface area contributed by atoms with Crippen molar-refractivity contribution < 1.29 is 18.9 Å². The highest BCUT2D eigenvalue weighted by atomic mass is 16.6. The molecule has 0 spiro atoms. The molecule has 178 valence electrons. The number of rotatable bonds is 8. The van der Waals surface area contributed by atoms with Gasteiger partial charge in [0, 0.05) is 23.3 Å².